The first-order valence-corrected chi connectivity index (χ1v) is 5.83. The maximum Gasteiger partial charge on any atom is 0.0822 e. The molecule has 1 aromatic rings. The number of pyridine rings is 1. The van der Waals surface area contributed by atoms with Gasteiger partial charge in [-0.05, 0) is 6.07 Å². The Bertz CT molecular complexity index is 287. The van der Waals surface area contributed by atoms with Crippen molar-refractivity contribution >= 4 is 29.1 Å². The topological polar surface area (TPSA) is 16.1 Å². The molecule has 0 saturated carbocycles. The lowest BCUT2D eigenvalue weighted by atomic mass is 10.3. The number of aromatic nitrogens is 1. The zero-order valence-corrected chi connectivity index (χ0v) is 8.81. The third-order valence-electron chi connectivity index (χ3n) is 2.10. The lowest BCUT2D eigenvalue weighted by Crippen LogP contribution is -2.32. The average Bonchev–Trinajstić information content (AvgIpc) is 2.20. The van der Waals surface area contributed by atoms with Gasteiger partial charge in [-0.3, -0.25) is 4.98 Å². The third kappa shape index (κ3) is 2.09. The van der Waals surface area contributed by atoms with Gasteiger partial charge in [-0.1, -0.05) is 11.6 Å². The molecule has 4 heteroatoms. The van der Waals surface area contributed by atoms with Crippen LogP contribution in [-0.4, -0.2) is 29.6 Å². The minimum Gasteiger partial charge on any atom is -0.369 e. The molecular formula is C9H11ClN2S. The first-order valence-electron chi connectivity index (χ1n) is 4.30. The summed E-state index contributed by atoms with van der Waals surface area (Å²) in [5.41, 5.74) is 1.12. The van der Waals surface area contributed by atoms with Gasteiger partial charge in [0, 0.05) is 37.0 Å². The SMILES string of the molecule is Clc1cnccc1N1CCSCC1. The fourth-order valence-corrected chi connectivity index (χ4v) is 2.57. The summed E-state index contributed by atoms with van der Waals surface area (Å²) in [5.74, 6) is 2.39. The van der Waals surface area contributed by atoms with Crippen LogP contribution in [0.4, 0.5) is 5.69 Å². The molecule has 1 fully saturated rings. The summed E-state index contributed by atoms with van der Waals surface area (Å²) >= 11 is 8.05. The molecule has 0 radical (unpaired) electrons. The maximum absolute atomic E-state index is 6.05. The van der Waals surface area contributed by atoms with Crippen molar-refractivity contribution in [2.75, 3.05) is 29.5 Å². The molecule has 0 amide bonds. The van der Waals surface area contributed by atoms with Crippen LogP contribution in [0.15, 0.2) is 18.5 Å². The van der Waals surface area contributed by atoms with E-state index in [0.29, 0.717) is 0 Å². The monoisotopic (exact) mass is 214 g/mol. The van der Waals surface area contributed by atoms with E-state index in [1.807, 2.05) is 17.8 Å². The van der Waals surface area contributed by atoms with Crippen molar-refractivity contribution in [1.29, 1.82) is 0 Å². The highest BCUT2D eigenvalue weighted by Gasteiger charge is 2.13. The minimum absolute atomic E-state index is 0.759. The molecule has 1 aromatic heterocycles. The largest absolute Gasteiger partial charge is 0.369 e. The molecule has 13 heavy (non-hydrogen) atoms. The zero-order chi connectivity index (χ0) is 9.10. The molecule has 2 nitrogen and oxygen atoms in total. The minimum atomic E-state index is 0.759. The summed E-state index contributed by atoms with van der Waals surface area (Å²) in [6, 6.07) is 1.98. The lowest BCUT2D eigenvalue weighted by molar-refractivity contribution is 0.857. The summed E-state index contributed by atoms with van der Waals surface area (Å²) in [5, 5.41) is 0.759. The van der Waals surface area contributed by atoms with Gasteiger partial charge in [0.15, 0.2) is 0 Å². The van der Waals surface area contributed by atoms with Crippen molar-refractivity contribution in [3.63, 3.8) is 0 Å². The molecule has 2 heterocycles. The van der Waals surface area contributed by atoms with Crippen LogP contribution in [0.25, 0.3) is 0 Å². The Morgan fingerprint density at radius 2 is 2.15 bits per heavy atom. The standard InChI is InChI=1S/C9H11ClN2S/c10-8-7-11-2-1-9(8)12-3-5-13-6-4-12/h1-2,7H,3-6H2. The zero-order valence-electron chi connectivity index (χ0n) is 7.24. The molecule has 2 rings (SSSR count). The molecule has 70 valence electrons. The normalized spacial score (nSPS) is 17.5. The van der Waals surface area contributed by atoms with Crippen molar-refractivity contribution in [2.24, 2.45) is 0 Å². The van der Waals surface area contributed by atoms with E-state index in [2.05, 4.69) is 9.88 Å². The lowest BCUT2D eigenvalue weighted by Gasteiger charge is -2.28. The van der Waals surface area contributed by atoms with E-state index < -0.39 is 0 Å². The Morgan fingerprint density at radius 3 is 2.85 bits per heavy atom. The molecule has 0 spiro atoms. The Hall–Kier alpha value is -0.410. The van der Waals surface area contributed by atoms with Crippen molar-refractivity contribution in [3.8, 4) is 0 Å². The van der Waals surface area contributed by atoms with Crippen LogP contribution >= 0.6 is 23.4 Å². The molecule has 1 aliphatic heterocycles. The van der Waals surface area contributed by atoms with Crippen LogP contribution in [0.1, 0.15) is 0 Å². The van der Waals surface area contributed by atoms with Crippen LogP contribution in [0.5, 0.6) is 0 Å². The van der Waals surface area contributed by atoms with Gasteiger partial charge >= 0.3 is 0 Å². The predicted octanol–water partition coefficient (Wildman–Crippen LogP) is 2.29. The summed E-state index contributed by atoms with van der Waals surface area (Å²) in [6.45, 7) is 2.18. The van der Waals surface area contributed by atoms with Gasteiger partial charge in [0.25, 0.3) is 0 Å². The van der Waals surface area contributed by atoms with Gasteiger partial charge in [-0.15, -0.1) is 0 Å². The molecule has 1 aliphatic rings. The summed E-state index contributed by atoms with van der Waals surface area (Å²) in [6.07, 6.45) is 3.50. The van der Waals surface area contributed by atoms with E-state index in [4.69, 9.17) is 11.6 Å². The molecule has 0 bridgehead atoms. The van der Waals surface area contributed by atoms with Gasteiger partial charge in [-0.25, -0.2) is 0 Å². The van der Waals surface area contributed by atoms with Gasteiger partial charge in [0.2, 0.25) is 0 Å². The second-order valence-electron chi connectivity index (χ2n) is 2.93. The molecule has 0 aliphatic carbocycles. The molecule has 0 atom stereocenters. The van der Waals surface area contributed by atoms with Crippen LogP contribution in [0.3, 0.4) is 0 Å². The summed E-state index contributed by atoms with van der Waals surface area (Å²) in [7, 11) is 0. The van der Waals surface area contributed by atoms with Crippen LogP contribution in [0, 0.1) is 0 Å². The maximum atomic E-state index is 6.05. The third-order valence-corrected chi connectivity index (χ3v) is 3.34. The fourth-order valence-electron chi connectivity index (χ4n) is 1.43. The number of nitrogens with zero attached hydrogens (tertiary/aromatic N) is 2. The van der Waals surface area contributed by atoms with E-state index in [0.717, 1.165) is 23.8 Å². The molecule has 0 unspecified atom stereocenters. The first-order chi connectivity index (χ1) is 6.38. The van der Waals surface area contributed by atoms with Crippen molar-refractivity contribution in [2.45, 2.75) is 0 Å². The fraction of sp³-hybridized carbons (Fsp3) is 0.444. The smallest absolute Gasteiger partial charge is 0.0822 e. The Kier molecular flexibility index (Phi) is 2.96. The molecular weight excluding hydrogens is 204 g/mol. The van der Waals surface area contributed by atoms with E-state index in [1.54, 1.807) is 12.4 Å². The number of rotatable bonds is 1. The van der Waals surface area contributed by atoms with E-state index >= 15 is 0 Å². The number of hydrogen-bond donors (Lipinski definition) is 0. The number of anilines is 1. The highest BCUT2D eigenvalue weighted by molar-refractivity contribution is 7.99. The number of halogens is 1. The number of hydrogen-bond acceptors (Lipinski definition) is 3. The molecule has 0 aromatic carbocycles. The average molecular weight is 215 g/mol. The van der Waals surface area contributed by atoms with Gasteiger partial charge in [-0.2, -0.15) is 11.8 Å². The van der Waals surface area contributed by atoms with Gasteiger partial charge in [0.05, 0.1) is 10.7 Å². The van der Waals surface area contributed by atoms with Gasteiger partial charge in [0.1, 0.15) is 0 Å². The Morgan fingerprint density at radius 1 is 1.38 bits per heavy atom. The Labute approximate surface area is 87.3 Å². The van der Waals surface area contributed by atoms with Crippen LogP contribution < -0.4 is 4.90 Å². The summed E-state index contributed by atoms with van der Waals surface area (Å²) < 4.78 is 0. The molecule has 0 N–H and O–H groups in total. The van der Waals surface area contributed by atoms with Crippen LogP contribution in [0.2, 0.25) is 5.02 Å². The highest BCUT2D eigenvalue weighted by Crippen LogP contribution is 2.26. The predicted molar refractivity (Wildman–Crippen MR) is 58.8 cm³/mol. The van der Waals surface area contributed by atoms with Crippen molar-refractivity contribution in [1.82, 2.24) is 4.98 Å². The highest BCUT2D eigenvalue weighted by atomic mass is 35.5. The summed E-state index contributed by atoms with van der Waals surface area (Å²) in [4.78, 5) is 6.30. The van der Waals surface area contributed by atoms with Gasteiger partial charge < -0.3 is 4.90 Å². The Balaban J connectivity index is 2.18. The second-order valence-corrected chi connectivity index (χ2v) is 4.56. The van der Waals surface area contributed by atoms with Crippen molar-refractivity contribution in [3.05, 3.63) is 23.5 Å². The van der Waals surface area contributed by atoms with Crippen molar-refractivity contribution < 1.29 is 0 Å². The first kappa shape index (κ1) is 9.16. The van der Waals surface area contributed by atoms with E-state index in [9.17, 15) is 0 Å². The van der Waals surface area contributed by atoms with E-state index in [-0.39, 0.29) is 0 Å². The molecule has 1 saturated heterocycles. The van der Waals surface area contributed by atoms with Crippen LogP contribution in [-0.2, 0) is 0 Å². The number of thioether (sulfide) groups is 1. The quantitative estimate of drug-likeness (QED) is 0.714. The van der Waals surface area contributed by atoms with E-state index in [1.165, 1.54) is 11.5 Å². The second kappa shape index (κ2) is 4.20.